The van der Waals surface area contributed by atoms with E-state index in [9.17, 15) is 13.9 Å². The smallest absolute Gasteiger partial charge is 0.165 e. The van der Waals surface area contributed by atoms with Crippen molar-refractivity contribution in [2.75, 3.05) is 11.9 Å². The number of hydrogen-bond acceptors (Lipinski definition) is 3. The third-order valence-corrected chi connectivity index (χ3v) is 2.90. The highest BCUT2D eigenvalue weighted by Gasteiger charge is 2.14. The van der Waals surface area contributed by atoms with Gasteiger partial charge in [0.1, 0.15) is 5.82 Å². The molecule has 1 atom stereocenters. The van der Waals surface area contributed by atoms with Crippen molar-refractivity contribution in [1.29, 1.82) is 0 Å². The fourth-order valence-electron chi connectivity index (χ4n) is 1.62. The van der Waals surface area contributed by atoms with Crippen molar-refractivity contribution in [3.8, 4) is 0 Å². The van der Waals surface area contributed by atoms with E-state index in [-0.39, 0.29) is 17.4 Å². The first-order valence-corrected chi connectivity index (χ1v) is 5.92. The Labute approximate surface area is 113 Å². The van der Waals surface area contributed by atoms with E-state index in [0.29, 0.717) is 5.56 Å². The van der Waals surface area contributed by atoms with Gasteiger partial charge in [-0.2, -0.15) is 0 Å². The molecule has 0 saturated carbocycles. The summed E-state index contributed by atoms with van der Waals surface area (Å²) in [4.78, 5) is 3.81. The fourth-order valence-corrected chi connectivity index (χ4v) is 1.74. The van der Waals surface area contributed by atoms with Crippen molar-refractivity contribution in [1.82, 2.24) is 4.98 Å². The van der Waals surface area contributed by atoms with Crippen LogP contribution in [0.5, 0.6) is 0 Å². The van der Waals surface area contributed by atoms with Gasteiger partial charge in [0, 0.05) is 6.20 Å². The topological polar surface area (TPSA) is 45.1 Å². The first-order chi connectivity index (χ1) is 9.11. The highest BCUT2D eigenvalue weighted by atomic mass is 35.5. The largest absolute Gasteiger partial charge is 0.394 e. The molecular formula is C13H11ClF2N2O. The van der Waals surface area contributed by atoms with Crippen LogP contribution in [0, 0.1) is 11.6 Å². The molecular weight excluding hydrogens is 274 g/mol. The number of nitrogens with one attached hydrogen (secondary N) is 1. The molecule has 1 heterocycles. The van der Waals surface area contributed by atoms with Crippen LogP contribution >= 0.6 is 11.6 Å². The summed E-state index contributed by atoms with van der Waals surface area (Å²) in [5.74, 6) is -1.15. The molecule has 2 N–H and O–H groups in total. The molecule has 0 saturated heterocycles. The molecule has 3 nitrogen and oxygen atoms in total. The van der Waals surface area contributed by atoms with Gasteiger partial charge in [0.05, 0.1) is 17.7 Å². The SMILES string of the molecule is OCC(Nc1ncccc1F)c1ccc(Cl)c(F)c1. The predicted molar refractivity (Wildman–Crippen MR) is 69.1 cm³/mol. The zero-order chi connectivity index (χ0) is 13.8. The van der Waals surface area contributed by atoms with Gasteiger partial charge in [0.15, 0.2) is 11.6 Å². The Morgan fingerprint density at radius 2 is 2.05 bits per heavy atom. The molecule has 2 aromatic rings. The van der Waals surface area contributed by atoms with Crippen molar-refractivity contribution < 1.29 is 13.9 Å². The Hall–Kier alpha value is -1.72. The van der Waals surface area contributed by atoms with Crippen LogP contribution < -0.4 is 5.32 Å². The maximum atomic E-state index is 13.4. The summed E-state index contributed by atoms with van der Waals surface area (Å²) < 4.78 is 26.8. The third-order valence-electron chi connectivity index (χ3n) is 2.60. The summed E-state index contributed by atoms with van der Waals surface area (Å²) in [6.45, 7) is -0.336. The quantitative estimate of drug-likeness (QED) is 0.906. The maximum Gasteiger partial charge on any atom is 0.165 e. The Bertz CT molecular complexity index is 580. The number of aromatic nitrogens is 1. The second-order valence-electron chi connectivity index (χ2n) is 3.89. The van der Waals surface area contributed by atoms with Gasteiger partial charge in [-0.05, 0) is 29.8 Å². The average Bonchev–Trinajstić information content (AvgIpc) is 2.41. The van der Waals surface area contributed by atoms with Gasteiger partial charge in [0.2, 0.25) is 0 Å². The molecule has 1 aromatic heterocycles. The summed E-state index contributed by atoms with van der Waals surface area (Å²) in [6.07, 6.45) is 1.42. The Morgan fingerprint density at radius 1 is 1.26 bits per heavy atom. The number of halogens is 3. The minimum atomic E-state index is -0.670. The van der Waals surface area contributed by atoms with Gasteiger partial charge in [-0.1, -0.05) is 17.7 Å². The Kier molecular flexibility index (Phi) is 4.29. The summed E-state index contributed by atoms with van der Waals surface area (Å²) in [7, 11) is 0. The van der Waals surface area contributed by atoms with E-state index < -0.39 is 17.7 Å². The van der Waals surface area contributed by atoms with E-state index in [2.05, 4.69) is 10.3 Å². The number of aliphatic hydroxyl groups is 1. The van der Waals surface area contributed by atoms with Gasteiger partial charge in [-0.15, -0.1) is 0 Å². The molecule has 0 amide bonds. The van der Waals surface area contributed by atoms with Crippen molar-refractivity contribution >= 4 is 17.4 Å². The van der Waals surface area contributed by atoms with E-state index >= 15 is 0 Å². The molecule has 0 aliphatic heterocycles. The number of pyridine rings is 1. The Morgan fingerprint density at radius 3 is 2.68 bits per heavy atom. The number of anilines is 1. The molecule has 0 radical (unpaired) electrons. The van der Waals surface area contributed by atoms with Crippen LogP contribution in [-0.2, 0) is 0 Å². The van der Waals surface area contributed by atoms with Crippen LogP contribution in [-0.4, -0.2) is 16.7 Å². The lowest BCUT2D eigenvalue weighted by Crippen LogP contribution is -2.16. The lowest BCUT2D eigenvalue weighted by Gasteiger charge is -2.17. The number of aliphatic hydroxyl groups excluding tert-OH is 1. The average molecular weight is 285 g/mol. The molecule has 1 aromatic carbocycles. The first-order valence-electron chi connectivity index (χ1n) is 5.54. The molecule has 2 rings (SSSR count). The third kappa shape index (κ3) is 3.19. The van der Waals surface area contributed by atoms with Crippen LogP contribution in [0.15, 0.2) is 36.5 Å². The number of rotatable bonds is 4. The summed E-state index contributed by atoms with van der Waals surface area (Å²) >= 11 is 5.58. The van der Waals surface area contributed by atoms with Crippen LogP contribution in [0.2, 0.25) is 5.02 Å². The first kappa shape index (κ1) is 13.7. The zero-order valence-electron chi connectivity index (χ0n) is 9.78. The molecule has 0 spiro atoms. The molecule has 0 fully saturated rings. The highest BCUT2D eigenvalue weighted by Crippen LogP contribution is 2.23. The Balaban J connectivity index is 2.25. The molecule has 100 valence electrons. The minimum Gasteiger partial charge on any atom is -0.394 e. The van der Waals surface area contributed by atoms with Crippen LogP contribution in [0.25, 0.3) is 0 Å². The normalized spacial score (nSPS) is 12.2. The van der Waals surface area contributed by atoms with Gasteiger partial charge < -0.3 is 10.4 Å². The molecule has 0 bridgehead atoms. The standard InChI is InChI=1S/C13H11ClF2N2O/c14-9-4-3-8(6-11(9)16)12(7-19)18-13-10(15)2-1-5-17-13/h1-6,12,19H,7H2,(H,17,18). The van der Waals surface area contributed by atoms with Gasteiger partial charge in [0.25, 0.3) is 0 Å². The predicted octanol–water partition coefficient (Wildman–Crippen LogP) is 3.16. The van der Waals surface area contributed by atoms with Crippen molar-refractivity contribution in [2.45, 2.75) is 6.04 Å². The molecule has 0 aliphatic rings. The molecule has 0 aliphatic carbocycles. The number of benzene rings is 1. The van der Waals surface area contributed by atoms with E-state index in [1.165, 1.54) is 30.5 Å². The van der Waals surface area contributed by atoms with Crippen molar-refractivity contribution in [3.63, 3.8) is 0 Å². The lowest BCUT2D eigenvalue weighted by molar-refractivity contribution is 0.275. The summed E-state index contributed by atoms with van der Waals surface area (Å²) in [6, 6.07) is 6.15. The monoisotopic (exact) mass is 284 g/mol. The minimum absolute atomic E-state index is 0.00286. The summed E-state index contributed by atoms with van der Waals surface area (Å²) in [5.41, 5.74) is 0.453. The highest BCUT2D eigenvalue weighted by molar-refractivity contribution is 6.30. The van der Waals surface area contributed by atoms with E-state index in [0.717, 1.165) is 0 Å². The zero-order valence-corrected chi connectivity index (χ0v) is 10.5. The van der Waals surface area contributed by atoms with Crippen molar-refractivity contribution in [2.24, 2.45) is 0 Å². The van der Waals surface area contributed by atoms with Crippen LogP contribution in [0.3, 0.4) is 0 Å². The fraction of sp³-hybridized carbons (Fsp3) is 0.154. The summed E-state index contributed by atoms with van der Waals surface area (Å²) in [5, 5.41) is 12.0. The lowest BCUT2D eigenvalue weighted by atomic mass is 10.1. The van der Waals surface area contributed by atoms with Crippen LogP contribution in [0.4, 0.5) is 14.6 Å². The maximum absolute atomic E-state index is 13.4. The second-order valence-corrected chi connectivity index (χ2v) is 4.29. The van der Waals surface area contributed by atoms with Gasteiger partial charge >= 0.3 is 0 Å². The van der Waals surface area contributed by atoms with E-state index in [4.69, 9.17) is 11.6 Å². The van der Waals surface area contributed by atoms with Crippen LogP contribution in [0.1, 0.15) is 11.6 Å². The van der Waals surface area contributed by atoms with Gasteiger partial charge in [-0.25, -0.2) is 13.8 Å². The van der Waals surface area contributed by atoms with Gasteiger partial charge in [-0.3, -0.25) is 0 Å². The number of hydrogen-bond donors (Lipinski definition) is 2. The molecule has 6 heteroatoms. The molecule has 1 unspecified atom stereocenters. The number of nitrogens with zero attached hydrogens (tertiary/aromatic N) is 1. The van der Waals surface area contributed by atoms with E-state index in [1.807, 2.05) is 0 Å². The van der Waals surface area contributed by atoms with E-state index in [1.54, 1.807) is 6.07 Å². The molecule has 19 heavy (non-hydrogen) atoms. The van der Waals surface area contributed by atoms with Crippen molar-refractivity contribution in [3.05, 3.63) is 58.7 Å². The second kappa shape index (κ2) is 5.95.